The van der Waals surface area contributed by atoms with E-state index < -0.39 is 266 Å². The molecule has 0 aromatic heterocycles. The summed E-state index contributed by atoms with van der Waals surface area (Å²) < 4.78 is 105. The number of ether oxygens (including phenoxy) is 18. The molecule has 0 amide bonds. The highest BCUT2D eigenvalue weighted by molar-refractivity contribution is 5.56. The van der Waals surface area contributed by atoms with Gasteiger partial charge in [0.1, 0.15) is 195 Å². The van der Waals surface area contributed by atoms with Crippen LogP contribution < -0.4 is 0 Å². The van der Waals surface area contributed by atoms with Gasteiger partial charge in [-0.2, -0.15) is 0 Å². The summed E-state index contributed by atoms with van der Waals surface area (Å²) in [5.74, 6) is 0. The molecule has 11 rings (SSSR count). The lowest BCUT2D eigenvalue weighted by Crippen LogP contribution is -2.66. The predicted molar refractivity (Wildman–Crippen MR) is 252 cm³/mol. The van der Waals surface area contributed by atoms with E-state index in [-0.39, 0.29) is 32.7 Å². The predicted octanol–water partition coefficient (Wildman–Crippen LogP) is -14.4. The second-order valence-electron chi connectivity index (χ2n) is 22.5. The average molecular weight is 1240 g/mol. The molecule has 488 valence electrons. The van der Waals surface area contributed by atoms with E-state index >= 15 is 0 Å². The Morgan fingerprint density at radius 2 is 0.671 bits per heavy atom. The minimum atomic E-state index is -2.06. The van der Waals surface area contributed by atoms with Crippen LogP contribution in [0.3, 0.4) is 0 Å². The van der Waals surface area contributed by atoms with Crippen LogP contribution in [0.2, 0.25) is 0 Å². The third-order valence-corrected chi connectivity index (χ3v) is 17.2. The van der Waals surface area contributed by atoms with Crippen LogP contribution in [-0.4, -0.2) is 390 Å². The fraction of sp³-hybridized carbons (Fsp3) is 0.979. The van der Waals surface area contributed by atoms with E-state index in [2.05, 4.69) is 0 Å². The Labute approximate surface area is 479 Å². The molecule has 0 aromatic carbocycles. The van der Waals surface area contributed by atoms with Crippen LogP contribution in [0, 0.1) is 0 Å². The van der Waals surface area contributed by atoms with Crippen molar-refractivity contribution in [3.8, 4) is 0 Å². The zero-order valence-electron chi connectivity index (χ0n) is 44.6. The lowest BCUT2D eigenvalue weighted by molar-refractivity contribution is -0.383. The summed E-state index contributed by atoms with van der Waals surface area (Å²) in [6, 6.07) is 0. The average Bonchev–Trinajstić information content (AvgIpc) is 3.34. The summed E-state index contributed by atoms with van der Waals surface area (Å²) in [6.07, 6.45) is -62.1. The Balaban J connectivity index is 0.702. The second kappa shape index (κ2) is 26.8. The molecule has 11 heterocycles. The number of rotatable bonds is 22. The Hall–Kier alpha value is -1.77. The summed E-state index contributed by atoms with van der Waals surface area (Å²) in [6.45, 7) is -4.42. The van der Waals surface area contributed by atoms with E-state index in [0.29, 0.717) is 0 Å². The Morgan fingerprint density at radius 1 is 0.365 bits per heavy atom. The van der Waals surface area contributed by atoms with Crippen LogP contribution in [0.1, 0.15) is 0 Å². The fourth-order valence-electron chi connectivity index (χ4n) is 12.5. The summed E-state index contributed by atoms with van der Waals surface area (Å²) in [5, 5.41) is 194. The summed E-state index contributed by atoms with van der Waals surface area (Å²) >= 11 is 0. The number of aldehydes is 1. The highest BCUT2D eigenvalue weighted by Crippen LogP contribution is 2.42. The number of aliphatic hydroxyl groups excluding tert-OH is 18. The standard InChI is InChI=1S/C48H74O37/c49-1-10(54)19(56)31(11(55)2-50)79-46-28(65)39-32(16(76-46)7-69-39)80-44-26(63)37(21(58)13(4-52)73-44)84-48-30(67)41-34(18(78-48)9-71-41)82-45-27(64)38(22(59)14(5-53)74-45)85-47-29(66)40-33(17(77-47)8-70-40)81-43-25(62)36(20(57)12(3-51)72-43)83-42-24(61)35-23(60)15(75-42)6-68-35/h2,10-49,51-67H,1,3-9H2/t10-,11+,12-,13-,14-,15+,16+,17+,18+,19+,20+,21+,22+,23?,24+,25-,26-,27-,28+,29+,30+,31-,32?,33?,34?,35-,36+,37+,38?,39+,40+,41+,42+,43+,44+,45+,46+,47+,48+/m1/s1. The molecule has 85 heavy (non-hydrogen) atoms. The summed E-state index contributed by atoms with van der Waals surface area (Å²) in [4.78, 5) is 11.4. The topological polar surface area (TPSA) is 547 Å². The molecule has 0 saturated carbocycles. The Morgan fingerprint density at radius 3 is 1.04 bits per heavy atom. The lowest BCUT2D eigenvalue weighted by Gasteiger charge is -2.48. The fourth-order valence-corrected chi connectivity index (χ4v) is 12.5. The van der Waals surface area contributed by atoms with Crippen LogP contribution in [0.25, 0.3) is 0 Å². The van der Waals surface area contributed by atoms with Crippen molar-refractivity contribution in [2.24, 2.45) is 0 Å². The first kappa shape index (κ1) is 64.7. The highest BCUT2D eigenvalue weighted by Gasteiger charge is 2.62. The summed E-state index contributed by atoms with van der Waals surface area (Å²) in [5.41, 5.74) is 0. The number of aliphatic hydroxyl groups is 18. The van der Waals surface area contributed by atoms with Gasteiger partial charge in [-0.15, -0.1) is 0 Å². The van der Waals surface area contributed by atoms with Gasteiger partial charge in [0.25, 0.3) is 0 Å². The van der Waals surface area contributed by atoms with Crippen LogP contribution in [0.4, 0.5) is 0 Å². The van der Waals surface area contributed by atoms with E-state index in [4.69, 9.17) is 85.3 Å². The van der Waals surface area contributed by atoms with Crippen molar-refractivity contribution >= 4 is 6.29 Å². The van der Waals surface area contributed by atoms with Gasteiger partial charge in [-0.1, -0.05) is 0 Å². The van der Waals surface area contributed by atoms with Gasteiger partial charge in [0, 0.05) is 0 Å². The van der Waals surface area contributed by atoms with E-state index in [1.807, 2.05) is 0 Å². The van der Waals surface area contributed by atoms with Crippen LogP contribution in [0.5, 0.6) is 0 Å². The first-order chi connectivity index (χ1) is 40.7. The molecule has 11 aliphatic rings. The maximum absolute atomic E-state index is 11.7. The van der Waals surface area contributed by atoms with Gasteiger partial charge in [0.05, 0.1) is 52.9 Å². The van der Waals surface area contributed by atoms with Crippen LogP contribution in [0.15, 0.2) is 0 Å². The molecule has 37 nitrogen and oxygen atoms in total. The Bertz CT molecular complexity index is 2180. The van der Waals surface area contributed by atoms with Crippen molar-refractivity contribution in [1.82, 2.24) is 0 Å². The lowest BCUT2D eigenvalue weighted by atomic mass is 9.96. The van der Waals surface area contributed by atoms with Crippen molar-refractivity contribution < 1.29 is 182 Å². The largest absolute Gasteiger partial charge is 0.394 e. The SMILES string of the molecule is O=C[C@H](O)[C@@H](O[C@@H]1O[C@H]2CO[C@H](C2O[C@@H]2O[C@H](CO)[C@H](O)[C@H](O[C@@H]3O[C@H]4CO[C@H](C4O[C@@H]4O[C@H](CO)[C@H](O)C(O[C@@H]5O[C@H]6CO[C@H](C6O[C@@H]6O[C@H](CO)[C@H](O)[C@H](O[C@@H]7O[C@H]8CO[C@H](C8O)[C@@H]7O)[C@H]6O)[C@@H]5O)[C@H]4O)[C@@H]3O)[C@H]2O)[C@@H]1O)[C@@H](O)[C@H](O)CO. The minimum absolute atomic E-state index is 0.0168. The van der Waals surface area contributed by atoms with Crippen LogP contribution >= 0.6 is 0 Å². The van der Waals surface area contributed by atoms with Gasteiger partial charge in [-0.25, -0.2) is 0 Å². The van der Waals surface area contributed by atoms with Gasteiger partial charge in [0.2, 0.25) is 0 Å². The molecule has 18 N–H and O–H groups in total. The van der Waals surface area contributed by atoms with Gasteiger partial charge in [-0.3, -0.25) is 0 Å². The first-order valence-corrected chi connectivity index (χ1v) is 27.7. The van der Waals surface area contributed by atoms with Crippen molar-refractivity contribution in [2.45, 2.75) is 239 Å². The van der Waals surface area contributed by atoms with E-state index in [1.165, 1.54) is 0 Å². The molecule has 11 saturated heterocycles. The number of carbonyl (C=O) groups is 1. The molecule has 37 heteroatoms. The zero-order chi connectivity index (χ0) is 60.6. The smallest absolute Gasteiger partial charge is 0.187 e. The van der Waals surface area contributed by atoms with Gasteiger partial charge >= 0.3 is 0 Å². The van der Waals surface area contributed by atoms with E-state index in [9.17, 15) is 96.7 Å². The molecule has 0 aromatic rings. The van der Waals surface area contributed by atoms with Crippen molar-refractivity contribution in [2.75, 3.05) is 52.9 Å². The molecule has 0 radical (unpaired) electrons. The third-order valence-electron chi connectivity index (χ3n) is 17.2. The van der Waals surface area contributed by atoms with Crippen molar-refractivity contribution in [3.63, 3.8) is 0 Å². The van der Waals surface area contributed by atoms with Gasteiger partial charge in [0.15, 0.2) is 50.3 Å². The van der Waals surface area contributed by atoms with Gasteiger partial charge < -0.3 is 182 Å². The van der Waals surface area contributed by atoms with Crippen LogP contribution in [-0.2, 0) is 90.1 Å². The quantitative estimate of drug-likeness (QED) is 0.0448. The van der Waals surface area contributed by atoms with E-state index in [0.717, 1.165) is 0 Å². The number of carbonyl (C=O) groups excluding carboxylic acids is 1. The maximum Gasteiger partial charge on any atom is 0.187 e. The number of fused-ring (bicyclic) bond motifs is 8. The molecule has 8 bridgehead atoms. The third kappa shape index (κ3) is 12.2. The molecule has 0 spiro atoms. The monoisotopic (exact) mass is 1240 g/mol. The second-order valence-corrected chi connectivity index (χ2v) is 22.5. The minimum Gasteiger partial charge on any atom is -0.394 e. The number of hydrogen-bond donors (Lipinski definition) is 18. The van der Waals surface area contributed by atoms with E-state index in [1.54, 1.807) is 0 Å². The highest BCUT2D eigenvalue weighted by atomic mass is 16.8. The molecular weight excluding hydrogens is 1170 g/mol. The maximum atomic E-state index is 11.7. The molecule has 0 aliphatic carbocycles. The first-order valence-electron chi connectivity index (χ1n) is 27.7. The molecule has 11 fully saturated rings. The zero-order valence-corrected chi connectivity index (χ0v) is 44.6. The Kier molecular flexibility index (Phi) is 20.4. The van der Waals surface area contributed by atoms with Gasteiger partial charge in [-0.05, 0) is 0 Å². The normalized spacial score (nSPS) is 53.6. The van der Waals surface area contributed by atoms with Crippen molar-refractivity contribution in [1.29, 1.82) is 0 Å². The molecule has 39 atom stereocenters. The summed E-state index contributed by atoms with van der Waals surface area (Å²) in [7, 11) is 0. The molecule has 5 unspecified atom stereocenters. The molecular formula is C48H74O37. The number of hydrogen-bond acceptors (Lipinski definition) is 37. The molecule has 11 aliphatic heterocycles. The van der Waals surface area contributed by atoms with Crippen molar-refractivity contribution in [3.05, 3.63) is 0 Å².